The van der Waals surface area contributed by atoms with E-state index in [4.69, 9.17) is 0 Å². The maximum absolute atomic E-state index is 11.9. The van der Waals surface area contributed by atoms with Gasteiger partial charge in [-0.3, -0.25) is 4.79 Å². The Kier molecular flexibility index (Phi) is 4.53. The molecule has 3 nitrogen and oxygen atoms in total. The molecule has 0 heterocycles. The Morgan fingerprint density at radius 2 is 2.28 bits per heavy atom. The largest absolute Gasteiger partial charge is 0.271 e. The first-order valence-corrected chi connectivity index (χ1v) is 7.08. The van der Waals surface area contributed by atoms with Crippen molar-refractivity contribution in [1.82, 2.24) is 5.43 Å². The average Bonchev–Trinajstić information content (AvgIpc) is 2.37. The summed E-state index contributed by atoms with van der Waals surface area (Å²) in [4.78, 5) is 11.9. The summed E-state index contributed by atoms with van der Waals surface area (Å²) in [6.45, 7) is 2.17. The van der Waals surface area contributed by atoms with Gasteiger partial charge < -0.3 is 0 Å². The Hall–Kier alpha value is -1.16. The molecule has 2 rings (SSSR count). The molecule has 1 saturated carbocycles. The average molecular weight is 309 g/mol. The number of halogens is 1. The fraction of sp³-hybridized carbons (Fsp3) is 0.429. The van der Waals surface area contributed by atoms with E-state index in [0.29, 0.717) is 11.5 Å². The highest BCUT2D eigenvalue weighted by molar-refractivity contribution is 9.10. The van der Waals surface area contributed by atoms with Crippen LogP contribution in [-0.2, 0) is 0 Å². The van der Waals surface area contributed by atoms with Gasteiger partial charge in [0.1, 0.15) is 0 Å². The van der Waals surface area contributed by atoms with E-state index in [-0.39, 0.29) is 5.91 Å². The van der Waals surface area contributed by atoms with Gasteiger partial charge in [0.2, 0.25) is 0 Å². The highest BCUT2D eigenvalue weighted by atomic mass is 79.9. The predicted octanol–water partition coefficient (Wildman–Crippen LogP) is 3.75. The number of nitrogens with zero attached hydrogens (tertiary/aromatic N) is 1. The number of benzene rings is 1. The summed E-state index contributed by atoms with van der Waals surface area (Å²) < 4.78 is 0.897. The van der Waals surface area contributed by atoms with Gasteiger partial charge in [0.15, 0.2) is 0 Å². The van der Waals surface area contributed by atoms with Crippen LogP contribution in [0.2, 0.25) is 0 Å². The third-order valence-electron chi connectivity index (χ3n) is 3.28. The monoisotopic (exact) mass is 308 g/mol. The Morgan fingerprint density at radius 3 is 3.00 bits per heavy atom. The van der Waals surface area contributed by atoms with Gasteiger partial charge in [-0.2, -0.15) is 5.10 Å². The van der Waals surface area contributed by atoms with Crippen molar-refractivity contribution in [2.45, 2.75) is 32.6 Å². The summed E-state index contributed by atoms with van der Waals surface area (Å²) in [6.07, 6.45) is 4.61. The standard InChI is InChI=1S/C14H17BrN2O/c1-10-5-2-3-8-13(10)16-17-14(18)11-6-4-7-12(15)9-11/h4,6-7,9-10H,2-3,5,8H2,1H3,(H,17,18)/b16-13-. The van der Waals surface area contributed by atoms with Crippen molar-refractivity contribution in [2.24, 2.45) is 11.0 Å². The maximum atomic E-state index is 11.9. The number of nitrogens with one attached hydrogen (secondary N) is 1. The molecule has 96 valence electrons. The zero-order chi connectivity index (χ0) is 13.0. The van der Waals surface area contributed by atoms with Crippen LogP contribution in [0.1, 0.15) is 43.0 Å². The molecule has 1 aliphatic carbocycles. The van der Waals surface area contributed by atoms with E-state index in [1.165, 1.54) is 19.3 Å². The number of rotatable bonds is 2. The van der Waals surface area contributed by atoms with E-state index in [2.05, 4.69) is 33.4 Å². The van der Waals surface area contributed by atoms with Gasteiger partial charge in [0, 0.05) is 15.7 Å². The SMILES string of the molecule is CC1CCCC/C1=N/NC(=O)c1cccc(Br)c1. The molecule has 1 fully saturated rings. The summed E-state index contributed by atoms with van der Waals surface area (Å²) >= 11 is 3.35. The molecule has 1 aliphatic rings. The summed E-state index contributed by atoms with van der Waals surface area (Å²) in [5.41, 5.74) is 4.39. The molecule has 4 heteroatoms. The number of carbonyl (C=O) groups is 1. The van der Waals surface area contributed by atoms with Crippen LogP contribution in [0.3, 0.4) is 0 Å². The van der Waals surface area contributed by atoms with Crippen LogP contribution in [0.4, 0.5) is 0 Å². The summed E-state index contributed by atoms with van der Waals surface area (Å²) in [6, 6.07) is 7.31. The van der Waals surface area contributed by atoms with Gasteiger partial charge in [-0.15, -0.1) is 0 Å². The molecule has 1 unspecified atom stereocenters. The molecular weight excluding hydrogens is 292 g/mol. The first-order chi connectivity index (χ1) is 8.66. The van der Waals surface area contributed by atoms with Crippen molar-refractivity contribution >= 4 is 27.5 Å². The number of hydrogen-bond acceptors (Lipinski definition) is 2. The van der Waals surface area contributed by atoms with Crippen molar-refractivity contribution in [1.29, 1.82) is 0 Å². The van der Waals surface area contributed by atoms with Gasteiger partial charge in [-0.1, -0.05) is 35.3 Å². The predicted molar refractivity (Wildman–Crippen MR) is 76.7 cm³/mol. The minimum atomic E-state index is -0.151. The second kappa shape index (κ2) is 6.14. The van der Waals surface area contributed by atoms with Gasteiger partial charge in [0.25, 0.3) is 5.91 Å². The number of carbonyl (C=O) groups excluding carboxylic acids is 1. The van der Waals surface area contributed by atoms with E-state index in [1.807, 2.05) is 12.1 Å². The van der Waals surface area contributed by atoms with Crippen LogP contribution >= 0.6 is 15.9 Å². The minimum Gasteiger partial charge on any atom is -0.267 e. The van der Waals surface area contributed by atoms with Crippen LogP contribution in [0.15, 0.2) is 33.8 Å². The van der Waals surface area contributed by atoms with Crippen molar-refractivity contribution in [3.05, 3.63) is 34.3 Å². The van der Waals surface area contributed by atoms with Crippen LogP contribution in [-0.4, -0.2) is 11.6 Å². The second-order valence-electron chi connectivity index (χ2n) is 4.70. The van der Waals surface area contributed by atoms with E-state index in [0.717, 1.165) is 16.6 Å². The van der Waals surface area contributed by atoms with Crippen molar-refractivity contribution in [3.63, 3.8) is 0 Å². The van der Waals surface area contributed by atoms with Gasteiger partial charge >= 0.3 is 0 Å². The fourth-order valence-corrected chi connectivity index (χ4v) is 2.55. The number of amides is 1. The highest BCUT2D eigenvalue weighted by Crippen LogP contribution is 2.20. The first kappa shape index (κ1) is 13.3. The molecule has 1 amide bonds. The van der Waals surface area contributed by atoms with E-state index >= 15 is 0 Å². The molecule has 1 aromatic rings. The normalized spacial score (nSPS) is 21.9. The zero-order valence-electron chi connectivity index (χ0n) is 10.4. The van der Waals surface area contributed by atoms with Crippen molar-refractivity contribution in [2.75, 3.05) is 0 Å². The molecule has 1 atom stereocenters. The smallest absolute Gasteiger partial charge is 0.267 e. The maximum Gasteiger partial charge on any atom is 0.271 e. The summed E-state index contributed by atoms with van der Waals surface area (Å²) in [7, 11) is 0. The Balaban J connectivity index is 2.01. The third kappa shape index (κ3) is 3.42. The molecule has 0 aromatic heterocycles. The van der Waals surface area contributed by atoms with E-state index < -0.39 is 0 Å². The number of hydrazone groups is 1. The first-order valence-electron chi connectivity index (χ1n) is 6.29. The van der Waals surface area contributed by atoms with Crippen molar-refractivity contribution < 1.29 is 4.79 Å². The molecule has 0 aliphatic heterocycles. The quantitative estimate of drug-likeness (QED) is 0.831. The van der Waals surface area contributed by atoms with Gasteiger partial charge in [-0.25, -0.2) is 5.43 Å². The molecule has 0 saturated heterocycles. The lowest BCUT2D eigenvalue weighted by Gasteiger charge is -2.19. The molecule has 0 spiro atoms. The Bertz CT molecular complexity index is 471. The van der Waals surface area contributed by atoms with Crippen LogP contribution < -0.4 is 5.43 Å². The summed E-state index contributed by atoms with van der Waals surface area (Å²) in [5.74, 6) is 0.336. The van der Waals surface area contributed by atoms with Crippen LogP contribution in [0.25, 0.3) is 0 Å². The van der Waals surface area contributed by atoms with Crippen LogP contribution in [0.5, 0.6) is 0 Å². The van der Waals surface area contributed by atoms with Gasteiger partial charge in [0.05, 0.1) is 0 Å². The van der Waals surface area contributed by atoms with Crippen LogP contribution in [0, 0.1) is 5.92 Å². The second-order valence-corrected chi connectivity index (χ2v) is 5.62. The molecule has 1 N–H and O–H groups in total. The summed E-state index contributed by atoms with van der Waals surface area (Å²) in [5, 5.41) is 4.27. The molecule has 0 radical (unpaired) electrons. The van der Waals surface area contributed by atoms with Gasteiger partial charge in [-0.05, 0) is 43.4 Å². The zero-order valence-corrected chi connectivity index (χ0v) is 12.0. The van der Waals surface area contributed by atoms with Crippen molar-refractivity contribution in [3.8, 4) is 0 Å². The lowest BCUT2D eigenvalue weighted by atomic mass is 9.89. The Morgan fingerprint density at radius 1 is 1.44 bits per heavy atom. The topological polar surface area (TPSA) is 41.5 Å². The Labute approximate surface area is 116 Å². The lowest BCUT2D eigenvalue weighted by molar-refractivity contribution is 0.0954. The fourth-order valence-electron chi connectivity index (χ4n) is 2.15. The highest BCUT2D eigenvalue weighted by Gasteiger charge is 2.16. The van der Waals surface area contributed by atoms with E-state index in [9.17, 15) is 4.79 Å². The lowest BCUT2D eigenvalue weighted by Crippen LogP contribution is -2.24. The molecular formula is C14H17BrN2O. The van der Waals surface area contributed by atoms with E-state index in [1.54, 1.807) is 12.1 Å². The molecule has 1 aromatic carbocycles. The molecule has 0 bridgehead atoms. The third-order valence-corrected chi connectivity index (χ3v) is 3.77. The molecule has 18 heavy (non-hydrogen) atoms. The number of hydrogen-bond donors (Lipinski definition) is 1. The minimum absolute atomic E-state index is 0.151.